The van der Waals surface area contributed by atoms with Gasteiger partial charge in [-0.25, -0.2) is 0 Å². The Labute approximate surface area is 85.5 Å². The van der Waals surface area contributed by atoms with Gasteiger partial charge in [0.25, 0.3) is 0 Å². The van der Waals surface area contributed by atoms with E-state index in [4.69, 9.17) is 15.7 Å². The van der Waals surface area contributed by atoms with E-state index in [0.29, 0.717) is 12.6 Å². The normalized spacial score (nSPS) is 15.1. The summed E-state index contributed by atoms with van der Waals surface area (Å²) in [5.74, 6) is 0.231. The minimum Gasteiger partial charge on any atom is -0.409 e. The van der Waals surface area contributed by atoms with E-state index in [0.717, 1.165) is 6.54 Å². The molecule has 1 unspecified atom stereocenters. The molecule has 0 aliphatic rings. The van der Waals surface area contributed by atoms with Gasteiger partial charge in [0, 0.05) is 19.7 Å². The number of hydrogen-bond donors (Lipinski definition) is 2. The van der Waals surface area contributed by atoms with Crippen molar-refractivity contribution in [1.82, 2.24) is 4.90 Å². The maximum atomic E-state index is 8.57. The number of oxime groups is 1. The van der Waals surface area contributed by atoms with E-state index in [-0.39, 0.29) is 11.9 Å². The molecule has 0 aliphatic heterocycles. The molecular weight excluding hydrogens is 182 g/mol. The Morgan fingerprint density at radius 2 is 2.07 bits per heavy atom. The molecule has 0 heterocycles. The van der Waals surface area contributed by atoms with Gasteiger partial charge in [0.05, 0.1) is 12.6 Å². The molecule has 0 aromatic heterocycles. The van der Waals surface area contributed by atoms with Gasteiger partial charge in [0.1, 0.15) is 0 Å². The molecule has 14 heavy (non-hydrogen) atoms. The summed E-state index contributed by atoms with van der Waals surface area (Å²) in [6.07, 6.45) is 0. The Hall–Kier alpha value is -0.810. The van der Waals surface area contributed by atoms with E-state index in [2.05, 4.69) is 23.9 Å². The van der Waals surface area contributed by atoms with E-state index in [1.54, 1.807) is 7.11 Å². The van der Waals surface area contributed by atoms with E-state index >= 15 is 0 Å². The van der Waals surface area contributed by atoms with Gasteiger partial charge in [0.2, 0.25) is 0 Å². The highest BCUT2D eigenvalue weighted by Crippen LogP contribution is 2.05. The van der Waals surface area contributed by atoms with Crippen molar-refractivity contribution in [3.8, 4) is 0 Å². The first-order valence-electron chi connectivity index (χ1n) is 4.76. The Morgan fingerprint density at radius 3 is 2.43 bits per heavy atom. The second kappa shape index (κ2) is 6.62. The second-order valence-electron chi connectivity index (χ2n) is 3.53. The SMILES string of the molecule is COCCN(C(C)C)C(C)C(N)=NO. The van der Waals surface area contributed by atoms with Crippen LogP contribution in [0, 0.1) is 0 Å². The molecule has 1 atom stereocenters. The minimum absolute atomic E-state index is 0.0739. The summed E-state index contributed by atoms with van der Waals surface area (Å²) >= 11 is 0. The van der Waals surface area contributed by atoms with Crippen molar-refractivity contribution in [2.45, 2.75) is 32.9 Å². The van der Waals surface area contributed by atoms with E-state index in [9.17, 15) is 0 Å². The average molecular weight is 203 g/mol. The van der Waals surface area contributed by atoms with Crippen LogP contribution >= 0.6 is 0 Å². The Bertz CT molecular complexity index is 183. The van der Waals surface area contributed by atoms with Crippen molar-refractivity contribution in [2.75, 3.05) is 20.3 Å². The summed E-state index contributed by atoms with van der Waals surface area (Å²) in [5.41, 5.74) is 5.54. The molecule has 0 fully saturated rings. The summed E-state index contributed by atoms with van der Waals surface area (Å²) in [4.78, 5) is 2.11. The van der Waals surface area contributed by atoms with Crippen molar-refractivity contribution in [2.24, 2.45) is 10.9 Å². The van der Waals surface area contributed by atoms with Crippen LogP contribution in [0.15, 0.2) is 5.16 Å². The van der Waals surface area contributed by atoms with Crippen LogP contribution in [0.5, 0.6) is 0 Å². The van der Waals surface area contributed by atoms with Gasteiger partial charge < -0.3 is 15.7 Å². The number of hydrogen-bond acceptors (Lipinski definition) is 4. The summed E-state index contributed by atoms with van der Waals surface area (Å²) < 4.78 is 5.00. The van der Waals surface area contributed by atoms with Gasteiger partial charge in [0.15, 0.2) is 5.84 Å². The highest BCUT2D eigenvalue weighted by molar-refractivity contribution is 5.84. The van der Waals surface area contributed by atoms with Gasteiger partial charge in [-0.15, -0.1) is 0 Å². The monoisotopic (exact) mass is 203 g/mol. The van der Waals surface area contributed by atoms with E-state index in [1.807, 2.05) is 6.92 Å². The number of rotatable bonds is 6. The third kappa shape index (κ3) is 3.93. The van der Waals surface area contributed by atoms with Crippen molar-refractivity contribution < 1.29 is 9.94 Å². The smallest absolute Gasteiger partial charge is 0.156 e. The fourth-order valence-corrected chi connectivity index (χ4v) is 1.35. The first-order valence-corrected chi connectivity index (χ1v) is 4.76. The van der Waals surface area contributed by atoms with Crippen LogP contribution in [0.25, 0.3) is 0 Å². The topological polar surface area (TPSA) is 71.1 Å². The molecule has 84 valence electrons. The largest absolute Gasteiger partial charge is 0.409 e. The molecule has 0 aromatic carbocycles. The predicted molar refractivity (Wildman–Crippen MR) is 56.6 cm³/mol. The van der Waals surface area contributed by atoms with Gasteiger partial charge >= 0.3 is 0 Å². The fraction of sp³-hybridized carbons (Fsp3) is 0.889. The van der Waals surface area contributed by atoms with Crippen molar-refractivity contribution >= 4 is 5.84 Å². The lowest BCUT2D eigenvalue weighted by atomic mass is 10.2. The maximum absolute atomic E-state index is 8.57. The van der Waals surface area contributed by atoms with E-state index in [1.165, 1.54) is 0 Å². The summed E-state index contributed by atoms with van der Waals surface area (Å²) in [5, 5.41) is 11.6. The maximum Gasteiger partial charge on any atom is 0.156 e. The van der Waals surface area contributed by atoms with Crippen LogP contribution < -0.4 is 5.73 Å². The number of ether oxygens (including phenoxy) is 1. The van der Waals surface area contributed by atoms with Crippen LogP contribution in [0.2, 0.25) is 0 Å². The molecule has 0 bridgehead atoms. The lowest BCUT2D eigenvalue weighted by Gasteiger charge is -2.31. The van der Waals surface area contributed by atoms with Crippen LogP contribution in [0.1, 0.15) is 20.8 Å². The molecule has 0 saturated heterocycles. The van der Waals surface area contributed by atoms with Crippen LogP contribution in [-0.4, -0.2) is 48.3 Å². The molecule has 0 saturated carbocycles. The van der Waals surface area contributed by atoms with Crippen LogP contribution in [0.4, 0.5) is 0 Å². The molecular formula is C9H21N3O2. The Balaban J connectivity index is 4.33. The van der Waals surface area contributed by atoms with Gasteiger partial charge in [-0.2, -0.15) is 0 Å². The minimum atomic E-state index is -0.0739. The second-order valence-corrected chi connectivity index (χ2v) is 3.53. The van der Waals surface area contributed by atoms with Crippen LogP contribution in [0.3, 0.4) is 0 Å². The third-order valence-corrected chi connectivity index (χ3v) is 2.26. The Morgan fingerprint density at radius 1 is 1.50 bits per heavy atom. The van der Waals surface area contributed by atoms with E-state index < -0.39 is 0 Å². The number of nitrogens with zero attached hydrogens (tertiary/aromatic N) is 2. The molecule has 5 heteroatoms. The number of nitrogens with two attached hydrogens (primary N) is 1. The lowest BCUT2D eigenvalue weighted by molar-refractivity contribution is 0.119. The molecule has 5 nitrogen and oxygen atoms in total. The molecule has 0 aromatic rings. The molecule has 3 N–H and O–H groups in total. The molecule has 0 rings (SSSR count). The first kappa shape index (κ1) is 13.2. The van der Waals surface area contributed by atoms with Gasteiger partial charge in [-0.05, 0) is 20.8 Å². The van der Waals surface area contributed by atoms with Gasteiger partial charge in [-0.1, -0.05) is 5.16 Å². The van der Waals surface area contributed by atoms with Crippen LogP contribution in [-0.2, 0) is 4.74 Å². The fourth-order valence-electron chi connectivity index (χ4n) is 1.35. The Kier molecular flexibility index (Phi) is 6.23. The van der Waals surface area contributed by atoms with Gasteiger partial charge in [-0.3, -0.25) is 4.90 Å². The lowest BCUT2D eigenvalue weighted by Crippen LogP contribution is -2.47. The molecule has 0 aliphatic carbocycles. The quantitative estimate of drug-likeness (QED) is 0.285. The third-order valence-electron chi connectivity index (χ3n) is 2.26. The van der Waals surface area contributed by atoms with Crippen molar-refractivity contribution in [3.63, 3.8) is 0 Å². The first-order chi connectivity index (χ1) is 6.54. The molecule has 0 spiro atoms. The van der Waals surface area contributed by atoms with Crippen molar-refractivity contribution in [3.05, 3.63) is 0 Å². The highest BCUT2D eigenvalue weighted by atomic mass is 16.5. The standard InChI is InChI=1S/C9H21N3O2/c1-7(2)12(5-6-14-4)8(3)9(10)11-13/h7-8,13H,5-6H2,1-4H3,(H2,10,11). The predicted octanol–water partition coefficient (Wildman–Crippen LogP) is 0.478. The highest BCUT2D eigenvalue weighted by Gasteiger charge is 2.19. The summed E-state index contributed by atoms with van der Waals surface area (Å²) in [6.45, 7) is 7.45. The molecule has 0 amide bonds. The number of methoxy groups -OCH3 is 1. The number of amidine groups is 1. The average Bonchev–Trinajstić information content (AvgIpc) is 2.16. The zero-order chi connectivity index (χ0) is 11.1. The molecule has 0 radical (unpaired) electrons. The summed E-state index contributed by atoms with van der Waals surface area (Å²) in [7, 11) is 1.66. The zero-order valence-corrected chi connectivity index (χ0v) is 9.40. The zero-order valence-electron chi connectivity index (χ0n) is 9.40. The summed E-state index contributed by atoms with van der Waals surface area (Å²) in [6, 6.07) is 0.260. The van der Waals surface area contributed by atoms with Crippen molar-refractivity contribution in [1.29, 1.82) is 0 Å².